The maximum Gasteiger partial charge on any atom is 0.306 e. The van der Waals surface area contributed by atoms with E-state index in [-0.39, 0.29) is 30.6 Å². The van der Waals surface area contributed by atoms with Crippen molar-refractivity contribution < 1.29 is 23.9 Å². The minimum Gasteiger partial charge on any atom is -0.469 e. The Hall–Kier alpha value is -2.02. The van der Waals surface area contributed by atoms with Crippen LogP contribution in [0.15, 0.2) is 17.3 Å². The van der Waals surface area contributed by atoms with Crippen molar-refractivity contribution in [3.63, 3.8) is 0 Å². The molecule has 0 heterocycles. The Morgan fingerprint density at radius 3 is 1.86 bits per heavy atom. The third kappa shape index (κ3) is 7.68. The van der Waals surface area contributed by atoms with Crippen LogP contribution in [0.3, 0.4) is 0 Å². The lowest BCUT2D eigenvalue weighted by Gasteiger charge is -2.29. The zero-order chi connectivity index (χ0) is 17.1. The van der Waals surface area contributed by atoms with Crippen LogP contribution in [0.4, 0.5) is 0 Å². The number of ketones is 1. The molecule has 0 aromatic rings. The smallest absolute Gasteiger partial charge is 0.306 e. The Morgan fingerprint density at radius 2 is 1.55 bits per heavy atom. The predicted octanol–water partition coefficient (Wildman–Crippen LogP) is 0.977. The first-order valence-electron chi connectivity index (χ1n) is 6.88. The maximum atomic E-state index is 11.9. The van der Waals surface area contributed by atoms with Crippen molar-refractivity contribution in [2.75, 3.05) is 27.3 Å². The van der Waals surface area contributed by atoms with E-state index >= 15 is 0 Å². The van der Waals surface area contributed by atoms with E-state index in [4.69, 9.17) is 0 Å². The standard InChI is InChI=1S/C15H24N2O5/c1-11(16-3)10-13(12(2)18)17(8-6-14(19)21-4)9-7-15(20)22-5/h13H,1,3,6-10H2,2,4-5H3. The topological polar surface area (TPSA) is 85.3 Å². The van der Waals surface area contributed by atoms with Gasteiger partial charge in [0.1, 0.15) is 5.78 Å². The summed E-state index contributed by atoms with van der Waals surface area (Å²) >= 11 is 0. The molecule has 7 heteroatoms. The van der Waals surface area contributed by atoms with Gasteiger partial charge in [0.05, 0.1) is 33.1 Å². The summed E-state index contributed by atoms with van der Waals surface area (Å²) in [4.78, 5) is 40.0. The van der Waals surface area contributed by atoms with Crippen molar-refractivity contribution in [1.82, 2.24) is 4.90 Å². The molecule has 0 saturated heterocycles. The average molecular weight is 312 g/mol. The molecular weight excluding hydrogens is 288 g/mol. The normalized spacial score (nSPS) is 11.6. The van der Waals surface area contributed by atoms with Gasteiger partial charge in [-0.3, -0.25) is 24.3 Å². The molecule has 0 aliphatic rings. The average Bonchev–Trinajstić information content (AvgIpc) is 2.51. The molecule has 0 aliphatic heterocycles. The van der Waals surface area contributed by atoms with E-state index in [9.17, 15) is 14.4 Å². The molecule has 0 aliphatic carbocycles. The fraction of sp³-hybridized carbons (Fsp3) is 0.600. The lowest BCUT2D eigenvalue weighted by Crippen LogP contribution is -2.43. The van der Waals surface area contributed by atoms with E-state index in [0.29, 0.717) is 25.2 Å². The van der Waals surface area contributed by atoms with Crippen LogP contribution in [0.25, 0.3) is 0 Å². The van der Waals surface area contributed by atoms with Crippen molar-refractivity contribution in [2.45, 2.75) is 32.2 Å². The van der Waals surface area contributed by atoms with Gasteiger partial charge in [-0.25, -0.2) is 0 Å². The van der Waals surface area contributed by atoms with E-state index in [1.807, 2.05) is 0 Å². The van der Waals surface area contributed by atoms with Crippen LogP contribution in [0.5, 0.6) is 0 Å². The maximum absolute atomic E-state index is 11.9. The predicted molar refractivity (Wildman–Crippen MR) is 82.6 cm³/mol. The summed E-state index contributed by atoms with van der Waals surface area (Å²) < 4.78 is 9.20. The van der Waals surface area contributed by atoms with Crippen LogP contribution in [0.1, 0.15) is 26.2 Å². The first-order chi connectivity index (χ1) is 10.3. The second kappa shape index (κ2) is 10.7. The zero-order valence-corrected chi connectivity index (χ0v) is 13.5. The van der Waals surface area contributed by atoms with E-state index in [1.165, 1.54) is 21.1 Å². The molecule has 22 heavy (non-hydrogen) atoms. The van der Waals surface area contributed by atoms with Gasteiger partial charge in [0, 0.05) is 25.2 Å². The van der Waals surface area contributed by atoms with Gasteiger partial charge in [-0.2, -0.15) is 0 Å². The number of nitrogens with zero attached hydrogens (tertiary/aromatic N) is 2. The monoisotopic (exact) mass is 312 g/mol. The van der Waals surface area contributed by atoms with Crippen molar-refractivity contribution in [1.29, 1.82) is 0 Å². The second-order valence-electron chi connectivity index (χ2n) is 4.74. The summed E-state index contributed by atoms with van der Waals surface area (Å²) in [6.45, 7) is 9.12. The summed E-state index contributed by atoms with van der Waals surface area (Å²) in [5, 5.41) is 0. The number of hydrogen-bond acceptors (Lipinski definition) is 7. The number of carbonyl (C=O) groups is 3. The molecule has 0 fully saturated rings. The highest BCUT2D eigenvalue weighted by Gasteiger charge is 2.25. The molecule has 0 N–H and O–H groups in total. The Kier molecular flexibility index (Phi) is 9.69. The van der Waals surface area contributed by atoms with Crippen LogP contribution in [-0.4, -0.2) is 62.7 Å². The molecule has 0 aromatic heterocycles. The van der Waals surface area contributed by atoms with Crippen LogP contribution in [-0.2, 0) is 23.9 Å². The first kappa shape index (κ1) is 20.0. The van der Waals surface area contributed by atoms with Crippen molar-refractivity contribution in [3.8, 4) is 0 Å². The fourth-order valence-electron chi connectivity index (χ4n) is 1.92. The highest BCUT2D eigenvalue weighted by atomic mass is 16.5. The quantitative estimate of drug-likeness (QED) is 0.417. The number of methoxy groups -OCH3 is 2. The first-order valence-corrected chi connectivity index (χ1v) is 6.88. The molecular formula is C15H24N2O5. The van der Waals surface area contributed by atoms with Gasteiger partial charge in [-0.05, 0) is 13.6 Å². The Morgan fingerprint density at radius 1 is 1.09 bits per heavy atom. The highest BCUT2D eigenvalue weighted by molar-refractivity contribution is 5.82. The molecule has 1 atom stereocenters. The minimum atomic E-state index is -0.521. The van der Waals surface area contributed by atoms with Crippen LogP contribution in [0, 0.1) is 0 Å². The number of hydrogen-bond donors (Lipinski definition) is 0. The largest absolute Gasteiger partial charge is 0.469 e. The molecule has 0 saturated carbocycles. The Labute approximate surface area is 131 Å². The highest BCUT2D eigenvalue weighted by Crippen LogP contribution is 2.14. The van der Waals surface area contributed by atoms with Gasteiger partial charge in [0.2, 0.25) is 0 Å². The number of rotatable bonds is 11. The van der Waals surface area contributed by atoms with Gasteiger partial charge in [-0.1, -0.05) is 6.58 Å². The van der Waals surface area contributed by atoms with Gasteiger partial charge in [0.15, 0.2) is 0 Å². The summed E-state index contributed by atoms with van der Waals surface area (Å²) in [7, 11) is 2.60. The van der Waals surface area contributed by atoms with E-state index in [1.54, 1.807) is 4.90 Å². The summed E-state index contributed by atoms with van der Waals surface area (Å²) in [6.07, 6.45) is 0.534. The summed E-state index contributed by atoms with van der Waals surface area (Å²) in [5.74, 6) is -0.864. The zero-order valence-electron chi connectivity index (χ0n) is 13.5. The Balaban J connectivity index is 4.97. The number of aliphatic imine (C=N–C) groups is 1. The summed E-state index contributed by atoms with van der Waals surface area (Å²) in [6, 6.07) is -0.521. The van der Waals surface area contributed by atoms with Crippen molar-refractivity contribution >= 4 is 24.4 Å². The van der Waals surface area contributed by atoms with E-state index in [0.717, 1.165) is 0 Å². The van der Waals surface area contributed by atoms with Crippen LogP contribution >= 0.6 is 0 Å². The number of ether oxygens (including phenoxy) is 2. The molecule has 0 bridgehead atoms. The van der Waals surface area contributed by atoms with Crippen molar-refractivity contribution in [3.05, 3.63) is 12.3 Å². The third-order valence-corrected chi connectivity index (χ3v) is 3.22. The molecule has 1 unspecified atom stereocenters. The molecule has 0 aromatic carbocycles. The number of esters is 2. The van der Waals surface area contributed by atoms with E-state index < -0.39 is 6.04 Å². The molecule has 0 amide bonds. The second-order valence-corrected chi connectivity index (χ2v) is 4.74. The van der Waals surface area contributed by atoms with E-state index in [2.05, 4.69) is 27.8 Å². The number of carbonyl (C=O) groups excluding carboxylic acids is 3. The van der Waals surface area contributed by atoms with Gasteiger partial charge in [-0.15, -0.1) is 0 Å². The molecule has 7 nitrogen and oxygen atoms in total. The third-order valence-electron chi connectivity index (χ3n) is 3.22. The molecule has 0 radical (unpaired) electrons. The van der Waals surface area contributed by atoms with Gasteiger partial charge in [0.25, 0.3) is 0 Å². The van der Waals surface area contributed by atoms with Crippen LogP contribution < -0.4 is 0 Å². The minimum absolute atomic E-state index is 0.0977. The number of Topliss-reactive ketones (excluding diaryl/α,β-unsaturated/α-hetero) is 1. The van der Waals surface area contributed by atoms with Crippen molar-refractivity contribution in [2.24, 2.45) is 4.99 Å². The summed E-state index contributed by atoms with van der Waals surface area (Å²) in [5.41, 5.74) is 0.473. The Bertz CT molecular complexity index is 414. The SMILES string of the molecule is C=NC(=C)CC(C(C)=O)N(CCC(=O)OC)CCC(=O)OC. The molecule has 124 valence electrons. The lowest BCUT2D eigenvalue weighted by molar-refractivity contribution is -0.142. The lowest BCUT2D eigenvalue weighted by atomic mass is 10.1. The van der Waals surface area contributed by atoms with Crippen LogP contribution in [0.2, 0.25) is 0 Å². The van der Waals surface area contributed by atoms with Gasteiger partial charge < -0.3 is 9.47 Å². The molecule has 0 rings (SSSR count). The molecule has 0 spiro atoms. The van der Waals surface area contributed by atoms with Gasteiger partial charge >= 0.3 is 11.9 Å². The fourth-order valence-corrected chi connectivity index (χ4v) is 1.92.